The van der Waals surface area contributed by atoms with Crippen molar-refractivity contribution < 1.29 is 14.2 Å². The van der Waals surface area contributed by atoms with Crippen LogP contribution in [0.2, 0.25) is 0 Å². The summed E-state index contributed by atoms with van der Waals surface area (Å²) >= 11 is 3.27. The normalized spacial score (nSPS) is 11.7. The molecule has 0 heterocycles. The molecule has 0 unspecified atom stereocenters. The van der Waals surface area contributed by atoms with E-state index in [9.17, 15) is 9.50 Å². The van der Waals surface area contributed by atoms with Gasteiger partial charge in [0.2, 0.25) is 0 Å². The van der Waals surface area contributed by atoms with Gasteiger partial charge in [-0.15, -0.1) is 0 Å². The molecule has 0 aliphatic heterocycles. The second-order valence-electron chi connectivity index (χ2n) is 4.42. The van der Waals surface area contributed by atoms with Crippen molar-refractivity contribution in [2.45, 2.75) is 26.2 Å². The molecule has 0 saturated carbocycles. The predicted octanol–water partition coefficient (Wildman–Crippen LogP) is 3.18. The first kappa shape index (κ1) is 13.5. The number of methoxy groups -OCH3 is 1. The van der Waals surface area contributed by atoms with Crippen LogP contribution in [0.5, 0.6) is 5.75 Å². The maximum Gasteiger partial charge on any atom is 0.137 e. The van der Waals surface area contributed by atoms with Gasteiger partial charge in [-0.2, -0.15) is 0 Å². The van der Waals surface area contributed by atoms with Crippen molar-refractivity contribution in [3.63, 3.8) is 0 Å². The zero-order valence-corrected chi connectivity index (χ0v) is 11.5. The van der Waals surface area contributed by atoms with Gasteiger partial charge < -0.3 is 9.84 Å². The summed E-state index contributed by atoms with van der Waals surface area (Å²) in [6, 6.07) is 1.38. The van der Waals surface area contributed by atoms with E-state index in [0.29, 0.717) is 21.3 Å². The molecule has 1 rings (SSSR count). The minimum absolute atomic E-state index is 0.0694. The van der Waals surface area contributed by atoms with Crippen LogP contribution < -0.4 is 4.74 Å². The molecule has 16 heavy (non-hydrogen) atoms. The van der Waals surface area contributed by atoms with Crippen LogP contribution >= 0.6 is 15.9 Å². The second kappa shape index (κ2) is 4.72. The largest absolute Gasteiger partial charge is 0.495 e. The molecule has 1 aromatic carbocycles. The zero-order valence-electron chi connectivity index (χ0n) is 9.90. The van der Waals surface area contributed by atoms with E-state index < -0.39 is 5.41 Å². The minimum atomic E-state index is -0.542. The van der Waals surface area contributed by atoms with Gasteiger partial charge >= 0.3 is 0 Å². The molecule has 0 bridgehead atoms. The molecule has 0 amide bonds. The van der Waals surface area contributed by atoms with E-state index in [0.717, 1.165) is 0 Å². The summed E-state index contributed by atoms with van der Waals surface area (Å²) in [7, 11) is 1.54. The Balaban J connectivity index is 3.57. The summed E-state index contributed by atoms with van der Waals surface area (Å²) in [5.41, 5.74) is 0.670. The van der Waals surface area contributed by atoms with Crippen LogP contribution in [0.1, 0.15) is 25.0 Å². The van der Waals surface area contributed by atoms with E-state index in [1.54, 1.807) is 6.92 Å². The van der Waals surface area contributed by atoms with Crippen molar-refractivity contribution in [2.75, 3.05) is 13.7 Å². The van der Waals surface area contributed by atoms with Gasteiger partial charge in [0.05, 0.1) is 18.2 Å². The number of hydrogen-bond donors (Lipinski definition) is 1. The third-order valence-electron chi connectivity index (χ3n) is 2.71. The summed E-state index contributed by atoms with van der Waals surface area (Å²) in [4.78, 5) is 0. The predicted molar refractivity (Wildman–Crippen MR) is 65.5 cm³/mol. The van der Waals surface area contributed by atoms with Gasteiger partial charge in [-0.25, -0.2) is 4.39 Å². The fourth-order valence-electron chi connectivity index (χ4n) is 1.79. The van der Waals surface area contributed by atoms with Crippen LogP contribution in [0.15, 0.2) is 10.5 Å². The van der Waals surface area contributed by atoms with Gasteiger partial charge in [0.15, 0.2) is 0 Å². The third kappa shape index (κ3) is 2.23. The molecule has 0 aromatic heterocycles. The Hall–Kier alpha value is -0.610. The highest BCUT2D eigenvalue weighted by Crippen LogP contribution is 2.40. The van der Waals surface area contributed by atoms with Gasteiger partial charge in [-0.1, -0.05) is 13.8 Å². The van der Waals surface area contributed by atoms with Crippen molar-refractivity contribution in [3.05, 3.63) is 27.5 Å². The van der Waals surface area contributed by atoms with E-state index in [-0.39, 0.29) is 12.4 Å². The fourth-order valence-corrected chi connectivity index (χ4v) is 2.35. The molecule has 0 saturated heterocycles. The molecular formula is C12H16BrFO2. The summed E-state index contributed by atoms with van der Waals surface area (Å²) in [5.74, 6) is 0.280. The van der Waals surface area contributed by atoms with Crippen LogP contribution in [-0.4, -0.2) is 18.8 Å². The maximum absolute atomic E-state index is 13.7. The maximum atomic E-state index is 13.7. The molecule has 0 radical (unpaired) electrons. The Bertz CT molecular complexity index is 402. The standard InChI is InChI=1S/C12H16BrFO2/c1-7-9(14)5-8(13)11(16-4)10(7)12(2,3)6-15/h5,15H,6H2,1-4H3. The van der Waals surface area contributed by atoms with Gasteiger partial charge in [0.25, 0.3) is 0 Å². The lowest BCUT2D eigenvalue weighted by Crippen LogP contribution is -2.25. The lowest BCUT2D eigenvalue weighted by Gasteiger charge is -2.27. The number of rotatable bonds is 3. The smallest absolute Gasteiger partial charge is 0.137 e. The van der Waals surface area contributed by atoms with E-state index in [1.165, 1.54) is 13.2 Å². The average Bonchev–Trinajstić information content (AvgIpc) is 2.22. The molecule has 0 aliphatic rings. The summed E-state index contributed by atoms with van der Waals surface area (Å²) in [5, 5.41) is 9.38. The summed E-state index contributed by atoms with van der Waals surface area (Å²) < 4.78 is 19.5. The topological polar surface area (TPSA) is 29.5 Å². The number of halogens is 2. The van der Waals surface area contributed by atoms with E-state index in [1.807, 2.05) is 13.8 Å². The summed E-state index contributed by atoms with van der Waals surface area (Å²) in [6.45, 7) is 5.32. The van der Waals surface area contributed by atoms with Crippen molar-refractivity contribution in [1.82, 2.24) is 0 Å². The lowest BCUT2D eigenvalue weighted by molar-refractivity contribution is 0.213. The van der Waals surface area contributed by atoms with Crippen LogP contribution in [0, 0.1) is 12.7 Å². The highest BCUT2D eigenvalue weighted by atomic mass is 79.9. The van der Waals surface area contributed by atoms with Crippen molar-refractivity contribution in [3.8, 4) is 5.75 Å². The Kier molecular flexibility index (Phi) is 3.97. The van der Waals surface area contributed by atoms with Gasteiger partial charge in [-0.05, 0) is 34.5 Å². The minimum Gasteiger partial charge on any atom is -0.495 e. The van der Waals surface area contributed by atoms with E-state index >= 15 is 0 Å². The van der Waals surface area contributed by atoms with Crippen molar-refractivity contribution in [1.29, 1.82) is 0 Å². The first-order chi connectivity index (χ1) is 7.35. The Morgan fingerprint density at radius 1 is 1.50 bits per heavy atom. The number of aliphatic hydroxyl groups excluding tert-OH is 1. The van der Waals surface area contributed by atoms with Gasteiger partial charge in [0.1, 0.15) is 11.6 Å². The molecule has 4 heteroatoms. The van der Waals surface area contributed by atoms with Crippen LogP contribution in [0.4, 0.5) is 4.39 Å². The fraction of sp³-hybridized carbons (Fsp3) is 0.500. The highest BCUT2D eigenvalue weighted by Gasteiger charge is 2.28. The Morgan fingerprint density at radius 3 is 2.50 bits per heavy atom. The summed E-state index contributed by atoms with van der Waals surface area (Å²) in [6.07, 6.45) is 0. The number of aliphatic hydroxyl groups is 1. The number of benzene rings is 1. The molecule has 1 N–H and O–H groups in total. The van der Waals surface area contributed by atoms with Crippen molar-refractivity contribution >= 4 is 15.9 Å². The third-order valence-corrected chi connectivity index (χ3v) is 3.30. The van der Waals surface area contributed by atoms with E-state index in [2.05, 4.69) is 15.9 Å². The van der Waals surface area contributed by atoms with E-state index in [4.69, 9.17) is 4.74 Å². The Labute approximate surface area is 104 Å². The highest BCUT2D eigenvalue weighted by molar-refractivity contribution is 9.10. The molecule has 0 spiro atoms. The van der Waals surface area contributed by atoms with Crippen LogP contribution in [0.25, 0.3) is 0 Å². The first-order valence-corrected chi connectivity index (χ1v) is 5.78. The number of hydrogen-bond acceptors (Lipinski definition) is 2. The second-order valence-corrected chi connectivity index (χ2v) is 5.27. The SMILES string of the molecule is COc1c(Br)cc(F)c(C)c1C(C)(C)CO. The zero-order chi connectivity index (χ0) is 12.5. The molecule has 90 valence electrons. The Morgan fingerprint density at radius 2 is 2.06 bits per heavy atom. The quantitative estimate of drug-likeness (QED) is 0.927. The molecule has 2 nitrogen and oxygen atoms in total. The monoisotopic (exact) mass is 290 g/mol. The molecule has 0 atom stereocenters. The van der Waals surface area contributed by atoms with Crippen molar-refractivity contribution in [2.24, 2.45) is 0 Å². The molecular weight excluding hydrogens is 275 g/mol. The molecule has 0 fully saturated rings. The van der Waals surface area contributed by atoms with Crippen LogP contribution in [-0.2, 0) is 5.41 Å². The molecule has 1 aromatic rings. The van der Waals surface area contributed by atoms with Gasteiger partial charge in [0, 0.05) is 11.0 Å². The lowest BCUT2D eigenvalue weighted by atomic mass is 9.82. The number of ether oxygens (including phenoxy) is 1. The molecule has 0 aliphatic carbocycles. The van der Waals surface area contributed by atoms with Gasteiger partial charge in [-0.3, -0.25) is 0 Å². The first-order valence-electron chi connectivity index (χ1n) is 4.99. The average molecular weight is 291 g/mol. The van der Waals surface area contributed by atoms with Crippen LogP contribution in [0.3, 0.4) is 0 Å².